The number of hydrazine groups is 1. The Bertz CT molecular complexity index is 397. The average molecular weight is 192 g/mol. The zero-order valence-corrected chi connectivity index (χ0v) is 8.62. The van der Waals surface area contributed by atoms with E-state index in [2.05, 4.69) is 33.4 Å². The summed E-state index contributed by atoms with van der Waals surface area (Å²) in [6, 6.07) is 0. The van der Waals surface area contributed by atoms with Crippen LogP contribution in [0.4, 0.5) is 0 Å². The van der Waals surface area contributed by atoms with Crippen LogP contribution in [-0.2, 0) is 0 Å². The molecule has 1 heterocycles. The molecule has 1 aromatic heterocycles. The fourth-order valence-corrected chi connectivity index (χ4v) is 1.36. The van der Waals surface area contributed by atoms with Gasteiger partial charge in [-0.3, -0.25) is 11.3 Å². The molecule has 0 atom stereocenters. The van der Waals surface area contributed by atoms with Gasteiger partial charge in [-0.2, -0.15) is 0 Å². The molecule has 0 amide bonds. The van der Waals surface area contributed by atoms with Gasteiger partial charge in [0, 0.05) is 10.9 Å². The largest absolute Gasteiger partial charge is 0.272 e. The summed E-state index contributed by atoms with van der Waals surface area (Å²) in [6.45, 7) is 2.02. The molecule has 0 aliphatic heterocycles. The van der Waals surface area contributed by atoms with Gasteiger partial charge >= 0.3 is 0 Å². The number of fused-ring (bicyclic) bond motifs is 1. The van der Waals surface area contributed by atoms with Crippen LogP contribution in [0.15, 0.2) is 6.33 Å². The number of nitrogens with one attached hydrogen (secondary N) is 1. The predicted molar refractivity (Wildman–Crippen MR) is 57.4 cm³/mol. The first-order valence-corrected chi connectivity index (χ1v) is 4.65. The minimum absolute atomic E-state index is 1.09. The van der Waals surface area contributed by atoms with Gasteiger partial charge in [-0.25, -0.2) is 9.97 Å². The van der Waals surface area contributed by atoms with E-state index in [4.69, 9.17) is 0 Å². The Morgan fingerprint density at radius 2 is 1.93 bits per heavy atom. The van der Waals surface area contributed by atoms with Crippen LogP contribution in [-0.4, -0.2) is 17.0 Å². The van der Waals surface area contributed by atoms with E-state index in [1.165, 1.54) is 5.22 Å². The van der Waals surface area contributed by atoms with E-state index in [-0.39, 0.29) is 0 Å². The van der Waals surface area contributed by atoms with Gasteiger partial charge in [0.05, 0.1) is 5.35 Å². The first-order valence-electron chi connectivity index (χ1n) is 4.65. The number of nitrogens with two attached hydrogens (primary N) is 1. The van der Waals surface area contributed by atoms with Gasteiger partial charge in [0.25, 0.3) is 0 Å². The van der Waals surface area contributed by atoms with Crippen LogP contribution < -0.4 is 21.8 Å². The highest BCUT2D eigenvalue weighted by atomic mass is 15.2. The van der Waals surface area contributed by atoms with Gasteiger partial charge in [0.2, 0.25) is 0 Å². The molecule has 4 heteroatoms. The topological polar surface area (TPSA) is 63.8 Å². The second-order valence-corrected chi connectivity index (χ2v) is 3.03. The maximum absolute atomic E-state index is 4.60. The lowest BCUT2D eigenvalue weighted by molar-refractivity contribution is 0.900. The average Bonchev–Trinajstić information content (AvgIpc) is 2.20. The number of hydrogen-bond donors (Lipinski definition) is 2. The van der Waals surface area contributed by atoms with Crippen molar-refractivity contribution in [3.63, 3.8) is 0 Å². The molecule has 0 bridgehead atoms. The number of hydrogen-bond acceptors (Lipinski definition) is 4. The lowest BCUT2D eigenvalue weighted by Gasteiger charge is -1.99. The molecule has 0 radical (unpaired) electrons. The van der Waals surface area contributed by atoms with Crippen molar-refractivity contribution in [2.24, 2.45) is 5.84 Å². The van der Waals surface area contributed by atoms with Gasteiger partial charge in [0.1, 0.15) is 6.33 Å². The maximum Gasteiger partial charge on any atom is 0.116 e. The second kappa shape index (κ2) is 5.47. The fourth-order valence-electron chi connectivity index (χ4n) is 1.36. The monoisotopic (exact) mass is 192 g/mol. The normalized spacial score (nSPS) is 12.8. The maximum atomic E-state index is 4.60. The lowest BCUT2D eigenvalue weighted by Crippen LogP contribution is -2.33. The Labute approximate surface area is 83.5 Å². The highest BCUT2D eigenvalue weighted by Gasteiger charge is 1.96. The third kappa shape index (κ3) is 2.61. The van der Waals surface area contributed by atoms with Gasteiger partial charge in [-0.15, -0.1) is 0 Å². The van der Waals surface area contributed by atoms with E-state index in [1.807, 2.05) is 6.92 Å². The van der Waals surface area contributed by atoms with Crippen molar-refractivity contribution < 1.29 is 0 Å². The van der Waals surface area contributed by atoms with E-state index in [1.54, 1.807) is 13.4 Å². The molecule has 0 aromatic carbocycles. The third-order valence-electron chi connectivity index (χ3n) is 1.97. The standard InChI is InChI=1S/C9H10N2.CH6N2/c1-7-8-4-2-3-5-9(8)11-6-10-7;1-3-2/h4-6H,2-3H2,1H3;3H,2H2,1H3. The van der Waals surface area contributed by atoms with E-state index < -0.39 is 0 Å². The Hall–Kier alpha value is -1.26. The molecule has 0 saturated carbocycles. The molecule has 1 aromatic rings. The summed E-state index contributed by atoms with van der Waals surface area (Å²) in [5.41, 5.74) is 3.34. The van der Waals surface area contributed by atoms with Crippen molar-refractivity contribution in [2.45, 2.75) is 19.8 Å². The van der Waals surface area contributed by atoms with Crippen LogP contribution in [0.25, 0.3) is 12.2 Å². The van der Waals surface area contributed by atoms with Gasteiger partial charge in [0.15, 0.2) is 0 Å². The molecule has 0 unspecified atom stereocenters. The molecule has 14 heavy (non-hydrogen) atoms. The highest BCUT2D eigenvalue weighted by Crippen LogP contribution is 1.93. The van der Waals surface area contributed by atoms with Crippen molar-refractivity contribution >= 4 is 12.2 Å². The van der Waals surface area contributed by atoms with Crippen molar-refractivity contribution in [3.05, 3.63) is 22.6 Å². The number of nitrogens with zero attached hydrogens (tertiary/aromatic N) is 2. The van der Waals surface area contributed by atoms with Gasteiger partial charge in [-0.05, 0) is 26.8 Å². The summed E-state index contributed by atoms with van der Waals surface area (Å²) in [5.74, 6) is 4.60. The second-order valence-electron chi connectivity index (χ2n) is 3.03. The summed E-state index contributed by atoms with van der Waals surface area (Å²) >= 11 is 0. The van der Waals surface area contributed by atoms with E-state index in [9.17, 15) is 0 Å². The van der Waals surface area contributed by atoms with Crippen LogP contribution in [0, 0.1) is 6.92 Å². The molecule has 1 aliphatic rings. The van der Waals surface area contributed by atoms with E-state index in [0.29, 0.717) is 0 Å². The zero-order chi connectivity index (χ0) is 10.4. The molecule has 4 nitrogen and oxygen atoms in total. The molecular weight excluding hydrogens is 176 g/mol. The fraction of sp³-hybridized carbons (Fsp3) is 0.400. The number of aromatic nitrogens is 2. The summed E-state index contributed by atoms with van der Waals surface area (Å²) in [6.07, 6.45) is 8.25. The summed E-state index contributed by atoms with van der Waals surface area (Å²) in [5, 5.41) is 2.32. The molecule has 0 spiro atoms. The van der Waals surface area contributed by atoms with Crippen molar-refractivity contribution in [1.29, 1.82) is 0 Å². The smallest absolute Gasteiger partial charge is 0.116 e. The molecule has 76 valence electrons. The minimum atomic E-state index is 1.09. The Morgan fingerprint density at radius 3 is 2.57 bits per heavy atom. The Morgan fingerprint density at radius 1 is 1.29 bits per heavy atom. The SMILES string of the molecule is CNN.Cc1ncnc2c1=CCCC=2. The van der Waals surface area contributed by atoms with Crippen LogP contribution in [0.1, 0.15) is 18.5 Å². The molecule has 3 N–H and O–H groups in total. The van der Waals surface area contributed by atoms with Crippen LogP contribution >= 0.6 is 0 Å². The molecule has 0 saturated heterocycles. The Kier molecular flexibility index (Phi) is 4.22. The number of rotatable bonds is 0. The van der Waals surface area contributed by atoms with Crippen LogP contribution in [0.3, 0.4) is 0 Å². The predicted octanol–water partition coefficient (Wildman–Crippen LogP) is -0.781. The van der Waals surface area contributed by atoms with Crippen molar-refractivity contribution in [2.75, 3.05) is 7.05 Å². The van der Waals surface area contributed by atoms with Crippen LogP contribution in [0.5, 0.6) is 0 Å². The highest BCUT2D eigenvalue weighted by molar-refractivity contribution is 5.36. The molecule has 0 fully saturated rings. The molecular formula is C10H16N4. The summed E-state index contributed by atoms with van der Waals surface area (Å²) in [7, 11) is 1.65. The van der Waals surface area contributed by atoms with E-state index >= 15 is 0 Å². The molecule has 1 aliphatic carbocycles. The number of aryl methyl sites for hydroxylation is 1. The Balaban J connectivity index is 0.000000293. The molecule has 2 rings (SSSR count). The summed E-state index contributed by atoms with van der Waals surface area (Å²) in [4.78, 5) is 8.31. The lowest BCUT2D eigenvalue weighted by atomic mass is 10.1. The third-order valence-corrected chi connectivity index (χ3v) is 1.97. The zero-order valence-electron chi connectivity index (χ0n) is 8.62. The first kappa shape index (κ1) is 10.8. The minimum Gasteiger partial charge on any atom is -0.272 e. The quantitative estimate of drug-likeness (QED) is 0.418. The van der Waals surface area contributed by atoms with Gasteiger partial charge in [-0.1, -0.05) is 12.2 Å². The summed E-state index contributed by atoms with van der Waals surface area (Å²) < 4.78 is 0. The van der Waals surface area contributed by atoms with Crippen molar-refractivity contribution in [3.8, 4) is 0 Å². The van der Waals surface area contributed by atoms with E-state index in [0.717, 1.165) is 23.9 Å². The van der Waals surface area contributed by atoms with Crippen LogP contribution in [0.2, 0.25) is 0 Å². The first-order chi connectivity index (χ1) is 6.79. The van der Waals surface area contributed by atoms with Gasteiger partial charge < -0.3 is 0 Å². The van der Waals surface area contributed by atoms with Crippen molar-refractivity contribution in [1.82, 2.24) is 15.4 Å².